The van der Waals surface area contributed by atoms with Gasteiger partial charge in [0.25, 0.3) is 0 Å². The van der Waals surface area contributed by atoms with E-state index in [9.17, 15) is 4.39 Å². The number of hydrogen-bond donors (Lipinski definition) is 2. The summed E-state index contributed by atoms with van der Waals surface area (Å²) in [5, 5.41) is 3.19. The number of halogens is 2. The van der Waals surface area contributed by atoms with Crippen molar-refractivity contribution < 1.29 is 13.5 Å². The number of benzene rings is 2. The molecule has 2 heterocycles. The van der Waals surface area contributed by atoms with Gasteiger partial charge in [-0.3, -0.25) is 0 Å². The third-order valence-electron chi connectivity index (χ3n) is 6.15. The van der Waals surface area contributed by atoms with E-state index in [1.54, 1.807) is 30.5 Å². The Morgan fingerprint density at radius 1 is 1.03 bits per heavy atom. The van der Waals surface area contributed by atoms with Crippen LogP contribution in [0.2, 0.25) is 0 Å². The molecule has 5 rings (SSSR count). The summed E-state index contributed by atoms with van der Waals surface area (Å²) in [6.07, 6.45) is 4.51. The van der Waals surface area contributed by atoms with Gasteiger partial charge < -0.3 is 20.7 Å². The molecule has 1 fully saturated rings. The Bertz CT molecular complexity index is 1100. The van der Waals surface area contributed by atoms with Crippen LogP contribution in [0, 0.1) is 17.0 Å². The van der Waals surface area contributed by atoms with Crippen molar-refractivity contribution >= 4 is 17.2 Å². The monoisotopic (exact) mass is 422 g/mol. The van der Waals surface area contributed by atoms with E-state index in [0.717, 1.165) is 42.9 Å². The quantitative estimate of drug-likeness (QED) is 0.561. The number of pyridine rings is 1. The van der Waals surface area contributed by atoms with Gasteiger partial charge in [-0.1, -0.05) is 0 Å². The number of rotatable bonds is 7. The maximum atomic E-state index is 15.1. The van der Waals surface area contributed by atoms with E-state index in [1.165, 1.54) is 18.2 Å². The summed E-state index contributed by atoms with van der Waals surface area (Å²) in [6.45, 7) is 2.01. The highest BCUT2D eigenvalue weighted by Crippen LogP contribution is 2.47. The van der Waals surface area contributed by atoms with Crippen molar-refractivity contribution in [2.75, 3.05) is 29.9 Å². The van der Waals surface area contributed by atoms with Gasteiger partial charge in [0.15, 0.2) is 11.6 Å². The first-order valence-electron chi connectivity index (χ1n) is 10.5. The van der Waals surface area contributed by atoms with Gasteiger partial charge in [0.1, 0.15) is 17.4 Å². The van der Waals surface area contributed by atoms with Gasteiger partial charge in [-0.15, -0.1) is 0 Å². The average molecular weight is 422 g/mol. The molecule has 0 spiro atoms. The second kappa shape index (κ2) is 7.81. The molecule has 1 saturated carbocycles. The van der Waals surface area contributed by atoms with Crippen LogP contribution in [0.15, 0.2) is 54.7 Å². The largest absolute Gasteiger partial charge is 0.454 e. The maximum Gasteiger partial charge on any atom is 0.167 e. The second-order valence-corrected chi connectivity index (χ2v) is 8.30. The molecule has 31 heavy (non-hydrogen) atoms. The Morgan fingerprint density at radius 3 is 2.52 bits per heavy atom. The van der Waals surface area contributed by atoms with E-state index < -0.39 is 5.82 Å². The number of hydrogen-bond acceptors (Lipinski definition) is 5. The van der Waals surface area contributed by atoms with Gasteiger partial charge in [-0.25, -0.2) is 13.8 Å². The highest BCUT2D eigenvalue weighted by atomic mass is 19.1. The van der Waals surface area contributed by atoms with Crippen LogP contribution in [0.4, 0.5) is 26.0 Å². The Kier molecular flexibility index (Phi) is 4.98. The number of ether oxygens (including phenoxy) is 1. The summed E-state index contributed by atoms with van der Waals surface area (Å²) in [5.74, 6) is 0.783. The van der Waals surface area contributed by atoms with Crippen LogP contribution in [0.3, 0.4) is 0 Å². The normalized spacial score (nSPS) is 15.8. The molecular weight excluding hydrogens is 398 g/mol. The summed E-state index contributed by atoms with van der Waals surface area (Å²) in [7, 11) is 0. The first-order valence-corrected chi connectivity index (χ1v) is 10.5. The van der Waals surface area contributed by atoms with E-state index in [-0.39, 0.29) is 17.0 Å². The molecule has 7 heteroatoms. The number of nitrogens with zero attached hydrogens (tertiary/aromatic N) is 2. The number of aromatic nitrogens is 1. The number of anilines is 3. The van der Waals surface area contributed by atoms with Crippen LogP contribution in [0.25, 0.3) is 0 Å². The van der Waals surface area contributed by atoms with Crippen molar-refractivity contribution in [1.29, 1.82) is 0 Å². The fourth-order valence-electron chi connectivity index (χ4n) is 4.02. The topological polar surface area (TPSA) is 63.4 Å². The molecule has 5 nitrogen and oxygen atoms in total. The number of nitrogens with two attached hydrogens (primary N) is 1. The van der Waals surface area contributed by atoms with E-state index in [4.69, 9.17) is 10.5 Å². The van der Waals surface area contributed by atoms with Crippen LogP contribution in [0.5, 0.6) is 11.5 Å². The van der Waals surface area contributed by atoms with Crippen molar-refractivity contribution in [3.63, 3.8) is 0 Å². The molecule has 0 radical (unpaired) electrons. The van der Waals surface area contributed by atoms with Gasteiger partial charge in [0.05, 0.1) is 0 Å². The standard InChI is InChI=1S/C24H24F2N4O/c25-16-1-3-17(4-2-16)30(15-24(14-27)9-10-24)18-5-6-22(20(26)13-18)31-21-8-12-29-23-19(21)7-11-28-23/h1-6,8,12-13H,7,9-11,14-15,27H2,(H,28,29). The Morgan fingerprint density at radius 2 is 1.81 bits per heavy atom. The van der Waals surface area contributed by atoms with Crippen molar-refractivity contribution in [3.8, 4) is 11.5 Å². The molecule has 1 aliphatic heterocycles. The van der Waals surface area contributed by atoms with Gasteiger partial charge in [-0.2, -0.15) is 0 Å². The molecule has 0 amide bonds. The summed E-state index contributed by atoms with van der Waals surface area (Å²) in [6, 6.07) is 12.9. The lowest BCUT2D eigenvalue weighted by Gasteiger charge is -2.29. The summed E-state index contributed by atoms with van der Waals surface area (Å²) in [5.41, 5.74) is 8.44. The highest BCUT2D eigenvalue weighted by Gasteiger charge is 2.43. The van der Waals surface area contributed by atoms with Gasteiger partial charge in [0, 0.05) is 47.7 Å². The van der Waals surface area contributed by atoms with Gasteiger partial charge >= 0.3 is 0 Å². The summed E-state index contributed by atoms with van der Waals surface area (Å²) < 4.78 is 34.5. The van der Waals surface area contributed by atoms with Crippen LogP contribution in [-0.2, 0) is 6.42 Å². The number of fused-ring (bicyclic) bond motifs is 1. The fraction of sp³-hybridized carbons (Fsp3) is 0.292. The first-order chi connectivity index (χ1) is 15.1. The fourth-order valence-corrected chi connectivity index (χ4v) is 4.02. The average Bonchev–Trinajstić information content (AvgIpc) is 3.39. The van der Waals surface area contributed by atoms with Crippen LogP contribution in [-0.4, -0.2) is 24.6 Å². The molecule has 0 saturated heterocycles. The molecule has 0 atom stereocenters. The van der Waals surface area contributed by atoms with E-state index in [0.29, 0.717) is 24.5 Å². The Balaban J connectivity index is 1.45. The predicted octanol–water partition coefficient (Wildman–Crippen LogP) is 5.00. The molecule has 2 aromatic carbocycles. The minimum atomic E-state index is -0.460. The summed E-state index contributed by atoms with van der Waals surface area (Å²) in [4.78, 5) is 6.28. The van der Waals surface area contributed by atoms with E-state index in [2.05, 4.69) is 10.3 Å². The number of nitrogens with one attached hydrogen (secondary N) is 1. The van der Waals surface area contributed by atoms with Crippen molar-refractivity contribution in [1.82, 2.24) is 4.98 Å². The van der Waals surface area contributed by atoms with Crippen LogP contribution >= 0.6 is 0 Å². The summed E-state index contributed by atoms with van der Waals surface area (Å²) >= 11 is 0. The molecule has 0 unspecified atom stereocenters. The lowest BCUT2D eigenvalue weighted by molar-refractivity contribution is 0.438. The van der Waals surface area contributed by atoms with Crippen molar-refractivity contribution in [2.24, 2.45) is 11.1 Å². The highest BCUT2D eigenvalue weighted by molar-refractivity contribution is 5.65. The van der Waals surface area contributed by atoms with E-state index in [1.807, 2.05) is 11.0 Å². The molecular formula is C24H24F2N4O. The van der Waals surface area contributed by atoms with Gasteiger partial charge in [0.2, 0.25) is 0 Å². The second-order valence-electron chi connectivity index (χ2n) is 8.30. The third-order valence-corrected chi connectivity index (χ3v) is 6.15. The Hall–Kier alpha value is -3.19. The van der Waals surface area contributed by atoms with Crippen molar-refractivity contribution in [2.45, 2.75) is 19.3 Å². The smallest absolute Gasteiger partial charge is 0.167 e. The SMILES string of the molecule is NCC1(CN(c2ccc(F)cc2)c2ccc(Oc3ccnc4c3CCN4)c(F)c2)CC1. The molecule has 1 aliphatic carbocycles. The van der Waals surface area contributed by atoms with Crippen LogP contribution in [0.1, 0.15) is 18.4 Å². The maximum absolute atomic E-state index is 15.1. The lowest BCUT2D eigenvalue weighted by Crippen LogP contribution is -2.31. The molecule has 3 aromatic rings. The molecule has 0 bridgehead atoms. The third kappa shape index (κ3) is 3.93. The molecule has 1 aromatic heterocycles. The van der Waals surface area contributed by atoms with Crippen molar-refractivity contribution in [3.05, 3.63) is 71.9 Å². The molecule has 160 valence electrons. The lowest BCUT2D eigenvalue weighted by atomic mass is 10.1. The minimum absolute atomic E-state index is 0.0185. The van der Waals surface area contributed by atoms with E-state index >= 15 is 4.39 Å². The molecule has 2 aliphatic rings. The zero-order valence-electron chi connectivity index (χ0n) is 17.1. The first kappa shape index (κ1) is 19.8. The molecule has 3 N–H and O–H groups in total. The zero-order valence-corrected chi connectivity index (χ0v) is 17.1. The zero-order chi connectivity index (χ0) is 21.4. The Labute approximate surface area is 179 Å². The predicted molar refractivity (Wildman–Crippen MR) is 117 cm³/mol. The van der Waals surface area contributed by atoms with Gasteiger partial charge in [-0.05, 0) is 68.3 Å². The minimum Gasteiger partial charge on any atom is -0.454 e. The van der Waals surface area contributed by atoms with Crippen LogP contribution < -0.4 is 20.7 Å².